The number of alkyl carbamates (subject to hydrolysis) is 1. The third kappa shape index (κ3) is 6.63. The van der Waals surface area contributed by atoms with E-state index in [1.54, 1.807) is 35.3 Å². The van der Waals surface area contributed by atoms with E-state index in [1.807, 2.05) is 76.5 Å². The predicted molar refractivity (Wildman–Crippen MR) is 159 cm³/mol. The summed E-state index contributed by atoms with van der Waals surface area (Å²) in [6, 6.07) is 19.0. The number of carbonyl (C=O) groups is 2. The van der Waals surface area contributed by atoms with Gasteiger partial charge in [-0.2, -0.15) is 5.10 Å². The number of rotatable bonds is 9. The van der Waals surface area contributed by atoms with E-state index in [9.17, 15) is 14.7 Å². The Balaban J connectivity index is 1.53. The molecular formula is C33H33N3O6. The molecule has 0 aliphatic rings. The van der Waals surface area contributed by atoms with E-state index in [0.29, 0.717) is 23.4 Å². The number of carbonyl (C=O) groups excluding carboxylic acids is 1. The highest BCUT2D eigenvalue weighted by Crippen LogP contribution is 2.40. The lowest BCUT2D eigenvalue weighted by atomic mass is 9.92. The van der Waals surface area contributed by atoms with Crippen molar-refractivity contribution in [3.63, 3.8) is 0 Å². The first-order valence-electron chi connectivity index (χ1n) is 13.6. The molecule has 0 aliphatic heterocycles. The highest BCUT2D eigenvalue weighted by molar-refractivity contribution is 6.03. The predicted octanol–water partition coefficient (Wildman–Crippen LogP) is 6.73. The van der Waals surface area contributed by atoms with Crippen LogP contribution in [0.3, 0.4) is 0 Å². The minimum absolute atomic E-state index is 0.137. The van der Waals surface area contributed by atoms with Gasteiger partial charge in [0.15, 0.2) is 0 Å². The number of carboxylic acids is 1. The second-order valence-electron chi connectivity index (χ2n) is 11.0. The molecule has 0 saturated carbocycles. The number of benzene rings is 3. The van der Waals surface area contributed by atoms with E-state index in [2.05, 4.69) is 10.4 Å². The van der Waals surface area contributed by atoms with E-state index < -0.39 is 17.7 Å². The molecule has 0 fully saturated rings. The van der Waals surface area contributed by atoms with Crippen LogP contribution in [0.2, 0.25) is 0 Å². The average molecular weight is 568 g/mol. The number of ether oxygens (including phenoxy) is 2. The lowest BCUT2D eigenvalue weighted by molar-refractivity contribution is -0.136. The Labute approximate surface area is 243 Å². The first-order valence-corrected chi connectivity index (χ1v) is 13.6. The van der Waals surface area contributed by atoms with Crippen molar-refractivity contribution in [2.75, 3.05) is 0 Å². The van der Waals surface area contributed by atoms with Crippen molar-refractivity contribution >= 4 is 23.0 Å². The summed E-state index contributed by atoms with van der Waals surface area (Å²) < 4.78 is 19.4. The molecule has 5 aromatic rings. The zero-order valence-electron chi connectivity index (χ0n) is 24.0. The summed E-state index contributed by atoms with van der Waals surface area (Å²) in [6.07, 6.45) is 4.78. The number of aromatic nitrogens is 2. The van der Waals surface area contributed by atoms with Gasteiger partial charge in [-0.05, 0) is 61.7 Å². The number of aliphatic carboxylic acids is 1. The summed E-state index contributed by atoms with van der Waals surface area (Å²) in [5, 5.41) is 17.4. The van der Waals surface area contributed by atoms with E-state index in [0.717, 1.165) is 38.8 Å². The molecule has 5 rings (SSSR count). The van der Waals surface area contributed by atoms with Gasteiger partial charge < -0.3 is 24.3 Å². The molecule has 2 N–H and O–H groups in total. The number of furan rings is 1. The highest BCUT2D eigenvalue weighted by Gasteiger charge is 2.20. The Kier molecular flexibility index (Phi) is 8.01. The van der Waals surface area contributed by atoms with Crippen molar-refractivity contribution in [1.29, 1.82) is 0 Å². The molecule has 9 nitrogen and oxygen atoms in total. The Morgan fingerprint density at radius 2 is 1.83 bits per heavy atom. The van der Waals surface area contributed by atoms with Gasteiger partial charge in [-0.1, -0.05) is 36.4 Å². The molecule has 3 aromatic carbocycles. The molecular weight excluding hydrogens is 534 g/mol. The number of aryl methyl sites for hydroxylation is 1. The number of amides is 1. The SMILES string of the molecule is Cn1cc(-c2c(COc3ccccc3CC(=O)O)cc(-c3cccc(CNC(=O)OC(C)(C)C)c3)c3occc23)cn1. The third-order valence-corrected chi connectivity index (χ3v) is 6.58. The summed E-state index contributed by atoms with van der Waals surface area (Å²) in [6.45, 7) is 5.96. The quantitative estimate of drug-likeness (QED) is 0.203. The number of carboxylic acid groups (broad SMARTS) is 1. The van der Waals surface area contributed by atoms with Crippen molar-refractivity contribution < 1.29 is 28.6 Å². The summed E-state index contributed by atoms with van der Waals surface area (Å²) in [4.78, 5) is 23.6. The normalized spacial score (nSPS) is 11.4. The molecule has 0 bridgehead atoms. The second kappa shape index (κ2) is 11.8. The summed E-state index contributed by atoms with van der Waals surface area (Å²) >= 11 is 0. The van der Waals surface area contributed by atoms with Crippen LogP contribution in [0.1, 0.15) is 37.5 Å². The van der Waals surface area contributed by atoms with Gasteiger partial charge in [-0.25, -0.2) is 4.79 Å². The van der Waals surface area contributed by atoms with Gasteiger partial charge in [-0.15, -0.1) is 0 Å². The molecule has 1 amide bonds. The molecule has 0 atom stereocenters. The first kappa shape index (κ1) is 28.5. The van der Waals surface area contributed by atoms with Crippen molar-refractivity contribution in [3.05, 3.63) is 96.0 Å². The number of fused-ring (bicyclic) bond motifs is 1. The fourth-order valence-electron chi connectivity index (χ4n) is 4.87. The van der Waals surface area contributed by atoms with Gasteiger partial charge in [0.1, 0.15) is 23.5 Å². The highest BCUT2D eigenvalue weighted by atomic mass is 16.6. The maximum atomic E-state index is 12.2. The van der Waals surface area contributed by atoms with Crippen LogP contribution in [-0.4, -0.2) is 32.6 Å². The first-order chi connectivity index (χ1) is 20.1. The minimum Gasteiger partial charge on any atom is -0.489 e. The van der Waals surface area contributed by atoms with Gasteiger partial charge in [0.2, 0.25) is 0 Å². The molecule has 42 heavy (non-hydrogen) atoms. The van der Waals surface area contributed by atoms with Crippen LogP contribution in [0.5, 0.6) is 5.75 Å². The smallest absolute Gasteiger partial charge is 0.407 e. The molecule has 0 saturated heterocycles. The average Bonchev–Trinajstić information content (AvgIpc) is 3.59. The molecule has 0 spiro atoms. The molecule has 9 heteroatoms. The number of hydrogen-bond donors (Lipinski definition) is 2. The lowest BCUT2D eigenvalue weighted by Gasteiger charge is -2.19. The molecule has 2 heterocycles. The standard InChI is InChI=1S/C33H33N3O6/c1-33(2,3)42-32(39)34-17-21-8-7-10-22(14-21)27-15-24(20-41-28-11-6-5-9-23(28)16-29(37)38)30(25-18-35-36(4)19-25)26-12-13-40-31(26)27/h5-15,18-19H,16-17,20H2,1-4H3,(H,34,39)(H,37,38). The topological polar surface area (TPSA) is 116 Å². The lowest BCUT2D eigenvalue weighted by Crippen LogP contribution is -2.32. The second-order valence-corrected chi connectivity index (χ2v) is 11.0. The maximum absolute atomic E-state index is 12.2. The molecule has 0 unspecified atom stereocenters. The van der Waals surface area contributed by atoms with Gasteiger partial charge in [-0.3, -0.25) is 9.48 Å². The van der Waals surface area contributed by atoms with Crippen molar-refractivity contribution in [3.8, 4) is 28.0 Å². The van der Waals surface area contributed by atoms with Crippen LogP contribution < -0.4 is 10.1 Å². The van der Waals surface area contributed by atoms with Crippen LogP contribution in [-0.2, 0) is 36.2 Å². The Bertz CT molecular complexity index is 1740. The molecule has 0 radical (unpaired) electrons. The van der Waals surface area contributed by atoms with E-state index in [4.69, 9.17) is 13.9 Å². The monoisotopic (exact) mass is 567 g/mol. The Morgan fingerprint density at radius 1 is 1.02 bits per heavy atom. The molecule has 2 aromatic heterocycles. The van der Waals surface area contributed by atoms with Crippen LogP contribution >= 0.6 is 0 Å². The molecule has 216 valence electrons. The van der Waals surface area contributed by atoms with Gasteiger partial charge in [0, 0.05) is 47.4 Å². The summed E-state index contributed by atoms with van der Waals surface area (Å²) in [5.41, 5.74) is 6.10. The fraction of sp³-hybridized carbons (Fsp3) is 0.242. The zero-order chi connectivity index (χ0) is 29.9. The van der Waals surface area contributed by atoms with Crippen LogP contribution in [0, 0.1) is 0 Å². The van der Waals surface area contributed by atoms with Crippen LogP contribution in [0.15, 0.2) is 83.7 Å². The van der Waals surface area contributed by atoms with Crippen LogP contribution in [0.25, 0.3) is 33.2 Å². The summed E-state index contributed by atoms with van der Waals surface area (Å²) in [7, 11) is 1.86. The largest absolute Gasteiger partial charge is 0.489 e. The minimum atomic E-state index is -0.926. The zero-order valence-corrected chi connectivity index (χ0v) is 24.0. The van der Waals surface area contributed by atoms with Gasteiger partial charge >= 0.3 is 12.1 Å². The van der Waals surface area contributed by atoms with E-state index in [1.165, 1.54) is 0 Å². The summed E-state index contributed by atoms with van der Waals surface area (Å²) in [5.74, 6) is -0.411. The Morgan fingerprint density at radius 3 is 2.57 bits per heavy atom. The number of nitrogens with one attached hydrogen (secondary N) is 1. The third-order valence-electron chi connectivity index (χ3n) is 6.58. The Hall–Kier alpha value is -5.05. The van der Waals surface area contributed by atoms with Gasteiger partial charge in [0.05, 0.1) is 18.9 Å². The van der Waals surface area contributed by atoms with Crippen LogP contribution in [0.4, 0.5) is 4.79 Å². The van der Waals surface area contributed by atoms with Crippen molar-refractivity contribution in [2.45, 2.75) is 45.9 Å². The number of nitrogens with zero attached hydrogens (tertiary/aromatic N) is 2. The van der Waals surface area contributed by atoms with E-state index >= 15 is 0 Å². The van der Waals surface area contributed by atoms with Crippen molar-refractivity contribution in [2.24, 2.45) is 7.05 Å². The van der Waals surface area contributed by atoms with Gasteiger partial charge in [0.25, 0.3) is 0 Å². The fourth-order valence-corrected chi connectivity index (χ4v) is 4.87. The maximum Gasteiger partial charge on any atom is 0.407 e. The number of hydrogen-bond acceptors (Lipinski definition) is 6. The molecule has 0 aliphatic carbocycles. The van der Waals surface area contributed by atoms with E-state index in [-0.39, 0.29) is 13.0 Å². The van der Waals surface area contributed by atoms with Crippen molar-refractivity contribution in [1.82, 2.24) is 15.1 Å². The number of para-hydroxylation sites is 1.